The van der Waals surface area contributed by atoms with Crippen LogP contribution in [0.15, 0.2) is 0 Å². The highest BCUT2D eigenvalue weighted by Crippen LogP contribution is 2.21. The number of hydrogen-bond donors (Lipinski definition) is 1. The van der Waals surface area contributed by atoms with Crippen LogP contribution in [0.3, 0.4) is 0 Å². The second kappa shape index (κ2) is 7.51. The molecule has 2 unspecified atom stereocenters. The molecule has 2 aliphatic rings. The number of amides is 2. The smallest absolute Gasteiger partial charge is 0.240 e. The van der Waals surface area contributed by atoms with Gasteiger partial charge in [0, 0.05) is 12.6 Å². The van der Waals surface area contributed by atoms with E-state index in [0.717, 1.165) is 50.4 Å². The largest absolute Gasteiger partial charge is 0.368 e. The second-order valence-corrected chi connectivity index (χ2v) is 7.16. The molecular weight excluding hydrogens is 320 g/mol. The number of aromatic nitrogens is 3. The molecule has 25 heavy (non-hydrogen) atoms. The van der Waals surface area contributed by atoms with Crippen molar-refractivity contribution >= 4 is 11.8 Å². The first-order valence-corrected chi connectivity index (χ1v) is 9.16. The van der Waals surface area contributed by atoms with Gasteiger partial charge in [0.15, 0.2) is 0 Å². The summed E-state index contributed by atoms with van der Waals surface area (Å²) in [5.41, 5.74) is 5.49. The molecule has 3 rings (SSSR count). The van der Waals surface area contributed by atoms with Crippen LogP contribution < -0.4 is 5.73 Å². The minimum atomic E-state index is -0.442. The van der Waals surface area contributed by atoms with Crippen molar-refractivity contribution in [3.63, 3.8) is 0 Å². The highest BCUT2D eigenvalue weighted by molar-refractivity contribution is 5.87. The lowest BCUT2D eigenvalue weighted by atomic mass is 10.0. The summed E-state index contributed by atoms with van der Waals surface area (Å²) in [5.74, 6) is 1.30. The Kier molecular flexibility index (Phi) is 5.36. The van der Waals surface area contributed by atoms with Crippen molar-refractivity contribution in [3.8, 4) is 0 Å². The van der Waals surface area contributed by atoms with Crippen LogP contribution >= 0.6 is 0 Å². The van der Waals surface area contributed by atoms with Gasteiger partial charge in [0.1, 0.15) is 17.7 Å². The van der Waals surface area contributed by atoms with E-state index in [2.05, 4.69) is 15.0 Å². The summed E-state index contributed by atoms with van der Waals surface area (Å²) >= 11 is 0. The Morgan fingerprint density at radius 1 is 1.16 bits per heavy atom. The Hall–Kier alpha value is -1.96. The number of nitrogens with zero attached hydrogens (tertiary/aromatic N) is 5. The zero-order chi connectivity index (χ0) is 18.0. The van der Waals surface area contributed by atoms with Crippen LogP contribution in [0.5, 0.6) is 0 Å². The summed E-state index contributed by atoms with van der Waals surface area (Å²) in [6.07, 6.45) is 4.70. The number of primary amides is 1. The second-order valence-electron chi connectivity index (χ2n) is 7.16. The fourth-order valence-corrected chi connectivity index (χ4v) is 4.03. The molecule has 0 saturated carbocycles. The van der Waals surface area contributed by atoms with Crippen molar-refractivity contribution in [2.75, 3.05) is 19.6 Å². The number of nitrogens with two attached hydrogens (primary N) is 1. The lowest BCUT2D eigenvalue weighted by molar-refractivity contribution is -0.142. The van der Waals surface area contributed by atoms with Gasteiger partial charge in [0.05, 0.1) is 13.1 Å². The van der Waals surface area contributed by atoms with Crippen molar-refractivity contribution in [1.82, 2.24) is 24.6 Å². The maximum atomic E-state index is 12.8. The summed E-state index contributed by atoms with van der Waals surface area (Å²) in [6, 6.07) is -0.164. The zero-order valence-corrected chi connectivity index (χ0v) is 15.1. The molecule has 2 fully saturated rings. The number of aryl methyl sites for hydroxylation is 2. The van der Waals surface area contributed by atoms with Gasteiger partial charge in [-0.05, 0) is 52.5 Å². The third-order valence-corrected chi connectivity index (χ3v) is 5.34. The van der Waals surface area contributed by atoms with E-state index in [4.69, 9.17) is 5.73 Å². The van der Waals surface area contributed by atoms with Crippen LogP contribution in [0.25, 0.3) is 0 Å². The topological polar surface area (TPSA) is 97.4 Å². The van der Waals surface area contributed by atoms with Gasteiger partial charge in [-0.25, -0.2) is 9.67 Å². The van der Waals surface area contributed by atoms with Gasteiger partial charge in [0.2, 0.25) is 11.8 Å². The molecule has 0 spiro atoms. The van der Waals surface area contributed by atoms with Crippen molar-refractivity contribution in [1.29, 1.82) is 0 Å². The van der Waals surface area contributed by atoms with Crippen LogP contribution in [0.2, 0.25) is 0 Å². The van der Waals surface area contributed by atoms with Gasteiger partial charge in [-0.2, -0.15) is 5.10 Å². The SMILES string of the molecule is Cc1nc(C)n(CC2CCCN2CC(=O)N2CCCCC2C(N)=O)n1. The van der Waals surface area contributed by atoms with Crippen molar-refractivity contribution in [2.24, 2.45) is 5.73 Å². The number of rotatable bonds is 5. The van der Waals surface area contributed by atoms with Crippen LogP contribution in [-0.4, -0.2) is 68.1 Å². The molecule has 0 bridgehead atoms. The van der Waals surface area contributed by atoms with E-state index in [-0.39, 0.29) is 17.9 Å². The molecule has 2 amide bonds. The lowest BCUT2D eigenvalue weighted by Crippen LogP contribution is -2.53. The number of piperidine rings is 1. The fraction of sp³-hybridized carbons (Fsp3) is 0.765. The number of carbonyl (C=O) groups is 2. The van der Waals surface area contributed by atoms with Crippen LogP contribution in [0, 0.1) is 13.8 Å². The van der Waals surface area contributed by atoms with E-state index in [1.165, 1.54) is 0 Å². The quantitative estimate of drug-likeness (QED) is 0.821. The van der Waals surface area contributed by atoms with Crippen molar-refractivity contribution < 1.29 is 9.59 Å². The molecule has 3 heterocycles. The molecule has 2 aliphatic heterocycles. The van der Waals surface area contributed by atoms with Gasteiger partial charge in [0.25, 0.3) is 0 Å². The molecule has 8 nitrogen and oxygen atoms in total. The molecule has 0 radical (unpaired) electrons. The first-order chi connectivity index (χ1) is 12.0. The van der Waals surface area contributed by atoms with Crippen molar-refractivity contribution in [3.05, 3.63) is 11.6 Å². The lowest BCUT2D eigenvalue weighted by Gasteiger charge is -2.35. The maximum Gasteiger partial charge on any atom is 0.240 e. The first kappa shape index (κ1) is 17.8. The molecular formula is C17H28N6O2. The average Bonchev–Trinajstić information content (AvgIpc) is 3.13. The molecule has 1 aromatic rings. The predicted molar refractivity (Wildman–Crippen MR) is 92.6 cm³/mol. The van der Waals surface area contributed by atoms with E-state index < -0.39 is 6.04 Å². The highest BCUT2D eigenvalue weighted by Gasteiger charge is 2.34. The Morgan fingerprint density at radius 3 is 2.64 bits per heavy atom. The predicted octanol–water partition coefficient (Wildman–Crippen LogP) is 0.226. The Balaban J connectivity index is 1.63. The van der Waals surface area contributed by atoms with Crippen LogP contribution in [0.1, 0.15) is 43.8 Å². The van der Waals surface area contributed by atoms with E-state index >= 15 is 0 Å². The van der Waals surface area contributed by atoms with Gasteiger partial charge >= 0.3 is 0 Å². The molecule has 0 aliphatic carbocycles. The standard InChI is InChI=1S/C17H28N6O2/c1-12-19-13(2)23(20-12)10-14-6-5-8-21(14)11-16(24)22-9-4-3-7-15(22)17(18)25/h14-15H,3-11H2,1-2H3,(H2,18,25). The van der Waals surface area contributed by atoms with Crippen LogP contribution in [0.4, 0.5) is 0 Å². The monoisotopic (exact) mass is 348 g/mol. The number of carbonyl (C=O) groups excluding carboxylic acids is 2. The summed E-state index contributed by atoms with van der Waals surface area (Å²) < 4.78 is 1.93. The average molecular weight is 348 g/mol. The third-order valence-electron chi connectivity index (χ3n) is 5.34. The van der Waals surface area contributed by atoms with Gasteiger partial charge < -0.3 is 10.6 Å². The van der Waals surface area contributed by atoms with Gasteiger partial charge in [-0.1, -0.05) is 0 Å². The summed E-state index contributed by atoms with van der Waals surface area (Å²) in [5, 5.41) is 4.43. The number of hydrogen-bond acceptors (Lipinski definition) is 5. The first-order valence-electron chi connectivity index (χ1n) is 9.16. The maximum absolute atomic E-state index is 12.8. The highest BCUT2D eigenvalue weighted by atomic mass is 16.2. The fourth-order valence-electron chi connectivity index (χ4n) is 4.03. The summed E-state index contributed by atoms with van der Waals surface area (Å²) in [4.78, 5) is 32.7. The molecule has 138 valence electrons. The molecule has 2 atom stereocenters. The molecule has 8 heteroatoms. The van der Waals surface area contributed by atoms with Crippen molar-refractivity contribution in [2.45, 2.75) is 64.6 Å². The number of likely N-dealkylation sites (tertiary alicyclic amines) is 2. The molecule has 2 N–H and O–H groups in total. The van der Waals surface area contributed by atoms with E-state index in [1.54, 1.807) is 4.90 Å². The van der Waals surface area contributed by atoms with Gasteiger partial charge in [-0.15, -0.1) is 0 Å². The zero-order valence-electron chi connectivity index (χ0n) is 15.1. The minimum absolute atomic E-state index is 0.0156. The van der Waals surface area contributed by atoms with Crippen LogP contribution in [-0.2, 0) is 16.1 Å². The summed E-state index contributed by atoms with van der Waals surface area (Å²) in [6.45, 7) is 6.47. The molecule has 1 aromatic heterocycles. The summed E-state index contributed by atoms with van der Waals surface area (Å²) in [7, 11) is 0. The third kappa shape index (κ3) is 4.00. The van der Waals surface area contributed by atoms with Gasteiger partial charge in [-0.3, -0.25) is 14.5 Å². The van der Waals surface area contributed by atoms with E-state index in [9.17, 15) is 9.59 Å². The molecule has 2 saturated heterocycles. The molecule has 0 aromatic carbocycles. The Bertz CT molecular complexity index is 643. The normalized spacial score (nSPS) is 24.6. The van der Waals surface area contributed by atoms with E-state index in [1.807, 2.05) is 18.5 Å². The Labute approximate surface area is 148 Å². The minimum Gasteiger partial charge on any atom is -0.368 e. The Morgan fingerprint density at radius 2 is 1.96 bits per heavy atom. The van der Waals surface area contributed by atoms with E-state index in [0.29, 0.717) is 19.5 Å².